The number of allylic oxidation sites excluding steroid dienone is 2. The number of ketones is 1. The molecule has 0 atom stereocenters. The molecule has 0 saturated carbocycles. The molecule has 1 aromatic carbocycles. The molecule has 0 N–H and O–H groups in total. The first-order valence-corrected chi connectivity index (χ1v) is 6.40. The lowest BCUT2D eigenvalue weighted by atomic mass is 10.0. The van der Waals surface area contributed by atoms with Gasteiger partial charge in [-0.3, -0.25) is 4.79 Å². The van der Waals surface area contributed by atoms with E-state index in [1.54, 1.807) is 13.1 Å². The zero-order chi connectivity index (χ0) is 16.0. The van der Waals surface area contributed by atoms with Crippen molar-refractivity contribution < 1.29 is 18.0 Å². The molecule has 0 amide bonds. The third kappa shape index (κ3) is 5.06. The van der Waals surface area contributed by atoms with Gasteiger partial charge in [0.05, 0.1) is 5.57 Å². The van der Waals surface area contributed by atoms with Crippen molar-refractivity contribution in [3.05, 3.63) is 42.0 Å². The Hall–Kier alpha value is -2.11. The molecule has 0 spiro atoms. The number of halogens is 3. The summed E-state index contributed by atoms with van der Waals surface area (Å²) in [7, 11) is 1.64. The van der Waals surface area contributed by atoms with Gasteiger partial charge < -0.3 is 5.01 Å². The minimum atomic E-state index is -4.60. The molecule has 0 radical (unpaired) electrons. The maximum Gasteiger partial charge on any atom is 0.417 e. The summed E-state index contributed by atoms with van der Waals surface area (Å²) >= 11 is 0. The number of hydrazone groups is 1. The largest absolute Gasteiger partial charge is 0.417 e. The molecule has 0 saturated heterocycles. The first kappa shape index (κ1) is 16.9. The fourth-order valence-electron chi connectivity index (χ4n) is 1.56. The Balaban J connectivity index is 3.16. The predicted molar refractivity (Wildman–Crippen MR) is 76.9 cm³/mol. The van der Waals surface area contributed by atoms with Gasteiger partial charge >= 0.3 is 6.18 Å². The zero-order valence-corrected chi connectivity index (χ0v) is 12.1. The van der Waals surface area contributed by atoms with Crippen molar-refractivity contribution in [2.45, 2.75) is 20.0 Å². The van der Waals surface area contributed by atoms with Gasteiger partial charge in [-0.25, -0.2) is 0 Å². The van der Waals surface area contributed by atoms with E-state index in [4.69, 9.17) is 0 Å². The van der Waals surface area contributed by atoms with Crippen molar-refractivity contribution in [3.8, 4) is 0 Å². The van der Waals surface area contributed by atoms with Crippen LogP contribution in [0, 0.1) is 0 Å². The molecule has 0 aliphatic carbocycles. The van der Waals surface area contributed by atoms with E-state index in [-0.39, 0.29) is 11.3 Å². The molecule has 1 rings (SSSR count). The SMILES string of the molecule is CCN(C)/N=C(\C)C(=O)/C=C(\c1ccccc1)C(F)(F)F. The number of carbonyl (C=O) groups is 1. The van der Waals surface area contributed by atoms with E-state index < -0.39 is 17.5 Å². The first-order valence-electron chi connectivity index (χ1n) is 6.40. The fraction of sp³-hybridized carbons (Fsp3) is 0.333. The van der Waals surface area contributed by atoms with Gasteiger partial charge in [0.15, 0.2) is 0 Å². The van der Waals surface area contributed by atoms with Crippen LogP contribution in [0.1, 0.15) is 19.4 Å². The van der Waals surface area contributed by atoms with Crippen LogP contribution in [0.5, 0.6) is 0 Å². The summed E-state index contributed by atoms with van der Waals surface area (Å²) in [6, 6.07) is 7.23. The quantitative estimate of drug-likeness (QED) is 0.473. The molecule has 0 unspecified atom stereocenters. The van der Waals surface area contributed by atoms with Gasteiger partial charge in [0.2, 0.25) is 5.78 Å². The van der Waals surface area contributed by atoms with Gasteiger partial charge in [0, 0.05) is 19.7 Å². The number of rotatable bonds is 5. The highest BCUT2D eigenvalue weighted by Gasteiger charge is 2.35. The minimum absolute atomic E-state index is 0.0111. The number of hydrogen-bond donors (Lipinski definition) is 0. The highest BCUT2D eigenvalue weighted by molar-refractivity contribution is 6.44. The maximum absolute atomic E-state index is 13.1. The average Bonchev–Trinajstić information content (AvgIpc) is 2.43. The van der Waals surface area contributed by atoms with Crippen LogP contribution in [-0.4, -0.2) is 36.3 Å². The first-order chi connectivity index (χ1) is 9.75. The Bertz CT molecular complexity index is 548. The van der Waals surface area contributed by atoms with Crippen molar-refractivity contribution in [1.82, 2.24) is 5.01 Å². The predicted octanol–water partition coefficient (Wildman–Crippen LogP) is 3.53. The number of carbonyl (C=O) groups excluding carboxylic acids is 1. The van der Waals surface area contributed by atoms with Crippen molar-refractivity contribution in [1.29, 1.82) is 0 Å². The van der Waals surface area contributed by atoms with E-state index in [0.29, 0.717) is 12.6 Å². The molecule has 0 fully saturated rings. The molecule has 0 aliphatic heterocycles. The highest BCUT2D eigenvalue weighted by atomic mass is 19.4. The van der Waals surface area contributed by atoms with Crippen LogP contribution in [0.2, 0.25) is 0 Å². The second-order valence-corrected chi connectivity index (χ2v) is 4.45. The average molecular weight is 298 g/mol. The minimum Gasteiger partial charge on any atom is -0.300 e. The van der Waals surface area contributed by atoms with Gasteiger partial charge in [-0.05, 0) is 19.4 Å². The van der Waals surface area contributed by atoms with Gasteiger partial charge in [-0.15, -0.1) is 0 Å². The Morgan fingerprint density at radius 3 is 2.33 bits per heavy atom. The van der Waals surface area contributed by atoms with E-state index in [9.17, 15) is 18.0 Å². The lowest BCUT2D eigenvalue weighted by Crippen LogP contribution is -2.19. The fourth-order valence-corrected chi connectivity index (χ4v) is 1.56. The number of benzene rings is 1. The Morgan fingerprint density at radius 1 is 1.29 bits per heavy atom. The normalized spacial score (nSPS) is 13.2. The van der Waals surface area contributed by atoms with Crippen LogP contribution in [0.25, 0.3) is 5.57 Å². The molecule has 0 heterocycles. The van der Waals surface area contributed by atoms with Gasteiger partial charge in [0.25, 0.3) is 0 Å². The lowest BCUT2D eigenvalue weighted by molar-refractivity contribution is -0.109. The van der Waals surface area contributed by atoms with E-state index in [0.717, 1.165) is 0 Å². The van der Waals surface area contributed by atoms with Crippen LogP contribution in [-0.2, 0) is 4.79 Å². The molecule has 0 aliphatic rings. The third-order valence-electron chi connectivity index (χ3n) is 2.80. The molecular weight excluding hydrogens is 281 g/mol. The highest BCUT2D eigenvalue weighted by Crippen LogP contribution is 2.33. The number of hydrogen-bond acceptors (Lipinski definition) is 3. The van der Waals surface area contributed by atoms with Crippen LogP contribution in [0.4, 0.5) is 13.2 Å². The maximum atomic E-state index is 13.1. The summed E-state index contributed by atoms with van der Waals surface area (Å²) in [4.78, 5) is 11.9. The lowest BCUT2D eigenvalue weighted by Gasteiger charge is -2.13. The summed E-state index contributed by atoms with van der Waals surface area (Å²) in [5, 5.41) is 5.40. The van der Waals surface area contributed by atoms with Crippen LogP contribution >= 0.6 is 0 Å². The molecule has 0 aromatic heterocycles. The van der Waals surface area contributed by atoms with Gasteiger partial charge in [-0.2, -0.15) is 18.3 Å². The standard InChI is InChI=1S/C15H17F3N2O/c1-4-20(3)19-11(2)14(21)10-13(15(16,17)18)12-8-6-5-7-9-12/h5-10H,4H2,1-3H3/b13-10+,19-11+. The summed E-state index contributed by atoms with van der Waals surface area (Å²) < 4.78 is 39.3. The van der Waals surface area contributed by atoms with Crippen molar-refractivity contribution in [3.63, 3.8) is 0 Å². The Kier molecular flexibility index (Phi) is 5.69. The van der Waals surface area contributed by atoms with Crippen molar-refractivity contribution in [2.24, 2.45) is 5.10 Å². The molecule has 6 heteroatoms. The van der Waals surface area contributed by atoms with E-state index in [1.165, 1.54) is 36.2 Å². The monoisotopic (exact) mass is 298 g/mol. The van der Waals surface area contributed by atoms with Gasteiger partial charge in [0.1, 0.15) is 5.71 Å². The Morgan fingerprint density at radius 2 is 1.86 bits per heavy atom. The van der Waals surface area contributed by atoms with Crippen LogP contribution in [0.3, 0.4) is 0 Å². The number of alkyl halides is 3. The van der Waals surface area contributed by atoms with E-state index in [2.05, 4.69) is 5.10 Å². The van der Waals surface area contributed by atoms with E-state index in [1.807, 2.05) is 6.92 Å². The third-order valence-corrected chi connectivity index (χ3v) is 2.80. The molecular formula is C15H17F3N2O. The summed E-state index contributed by atoms with van der Waals surface area (Å²) in [6.45, 7) is 3.77. The summed E-state index contributed by atoms with van der Waals surface area (Å²) in [5.74, 6) is -0.758. The van der Waals surface area contributed by atoms with E-state index >= 15 is 0 Å². The second-order valence-electron chi connectivity index (χ2n) is 4.45. The van der Waals surface area contributed by atoms with Gasteiger partial charge in [-0.1, -0.05) is 30.3 Å². The zero-order valence-electron chi connectivity index (χ0n) is 12.1. The molecule has 114 valence electrons. The Labute approximate surface area is 121 Å². The smallest absolute Gasteiger partial charge is 0.300 e. The summed E-state index contributed by atoms with van der Waals surface area (Å²) in [6.07, 6.45) is -4.01. The molecule has 21 heavy (non-hydrogen) atoms. The molecule has 0 bridgehead atoms. The second kappa shape index (κ2) is 7.06. The summed E-state index contributed by atoms with van der Waals surface area (Å²) in [5.41, 5.74) is -1.01. The van der Waals surface area contributed by atoms with Crippen molar-refractivity contribution in [2.75, 3.05) is 13.6 Å². The topological polar surface area (TPSA) is 32.7 Å². The van der Waals surface area contributed by atoms with Crippen LogP contribution < -0.4 is 0 Å². The number of nitrogens with zero attached hydrogens (tertiary/aromatic N) is 2. The molecule has 3 nitrogen and oxygen atoms in total. The van der Waals surface area contributed by atoms with Crippen LogP contribution in [0.15, 0.2) is 41.5 Å². The molecule has 1 aromatic rings. The van der Waals surface area contributed by atoms with Crippen molar-refractivity contribution >= 4 is 17.1 Å².